The van der Waals surface area contributed by atoms with E-state index in [1.54, 1.807) is 6.92 Å². The number of carboxylic acids is 1. The van der Waals surface area contributed by atoms with Crippen molar-refractivity contribution in [3.8, 4) is 0 Å². The molecule has 290 valence electrons. The van der Waals surface area contributed by atoms with Crippen LogP contribution in [0.5, 0.6) is 0 Å². The minimum absolute atomic E-state index is 0.0605. The van der Waals surface area contributed by atoms with E-state index in [2.05, 4.69) is 33.8 Å². The number of rotatable bonds is 22. The highest BCUT2D eigenvalue weighted by atomic mass is 16.6. The molecule has 0 aromatic carbocycles. The average molecular weight is 709 g/mol. The number of carboxylic acid groups (broad SMARTS) is 1. The van der Waals surface area contributed by atoms with Crippen molar-refractivity contribution in [3.05, 3.63) is 24.0 Å². The molecule has 0 bridgehead atoms. The maximum absolute atomic E-state index is 12.8. The van der Waals surface area contributed by atoms with Crippen molar-refractivity contribution in [3.63, 3.8) is 0 Å². The molecule has 2 aliphatic rings. The molecule has 2 rings (SSSR count). The van der Waals surface area contributed by atoms with Crippen LogP contribution in [-0.2, 0) is 19.1 Å². The molecular formula is C41H72O9. The molecule has 0 aromatic rings. The molecule has 0 spiro atoms. The lowest BCUT2D eigenvalue weighted by atomic mass is 9.85. The number of aliphatic hydroxyl groups is 4. The Kier molecular flexibility index (Phi) is 18.2. The lowest BCUT2D eigenvalue weighted by Gasteiger charge is -2.31. The van der Waals surface area contributed by atoms with Crippen molar-refractivity contribution < 1.29 is 44.6 Å². The average Bonchev–Trinajstić information content (AvgIpc) is 3.61. The minimum atomic E-state index is -0.781. The van der Waals surface area contributed by atoms with Crippen LogP contribution >= 0.6 is 0 Å². The molecule has 9 nitrogen and oxygen atoms in total. The smallest absolute Gasteiger partial charge is 0.303 e. The number of allylic oxidation sites excluding steroid dienone is 3. The summed E-state index contributed by atoms with van der Waals surface area (Å²) >= 11 is 0. The largest absolute Gasteiger partial charge is 0.512 e. The quantitative estimate of drug-likeness (QED) is 0.0433. The number of hydrogen-bond donors (Lipinski definition) is 5. The predicted molar refractivity (Wildman–Crippen MR) is 198 cm³/mol. The van der Waals surface area contributed by atoms with Gasteiger partial charge >= 0.3 is 5.97 Å². The van der Waals surface area contributed by atoms with Crippen molar-refractivity contribution in [1.82, 2.24) is 0 Å². The van der Waals surface area contributed by atoms with Crippen LogP contribution in [0.25, 0.3) is 0 Å². The summed E-state index contributed by atoms with van der Waals surface area (Å²) in [6.07, 6.45) is 10.0. The highest BCUT2D eigenvalue weighted by Gasteiger charge is 2.47. The number of aliphatic carboxylic acids is 1. The van der Waals surface area contributed by atoms with Crippen molar-refractivity contribution in [2.75, 3.05) is 0 Å². The molecule has 0 saturated carbocycles. The number of ether oxygens (including phenoxy) is 2. The Bertz CT molecular complexity index is 1100. The standard InChI is InChI=1S/C41H72O9/c1-24(19-28(5)34(43)23-35(44)29(6)20-26(3)18-25(2)14-15-38(46)47)12-11-13-27(4)39(48)31(8)36(45)22-33-21-30(7)40(49-33)37-16-17-41(10,50-37)32(9)42/h11,13,23-33,36-37,39-40,42-43,45,48H,12,14-22H2,1-10H3,(H,46,47). The molecule has 2 fully saturated rings. The fraction of sp³-hybridized carbons (Fsp3) is 0.854. The van der Waals surface area contributed by atoms with Crippen LogP contribution in [0.3, 0.4) is 0 Å². The van der Waals surface area contributed by atoms with Crippen LogP contribution in [0.15, 0.2) is 24.0 Å². The monoisotopic (exact) mass is 709 g/mol. The number of carbonyl (C=O) groups is 2. The first-order chi connectivity index (χ1) is 23.2. The third-order valence-electron chi connectivity index (χ3n) is 11.8. The molecule has 50 heavy (non-hydrogen) atoms. The van der Waals surface area contributed by atoms with Gasteiger partial charge in [0.2, 0.25) is 0 Å². The predicted octanol–water partition coefficient (Wildman–Crippen LogP) is 7.66. The normalized spacial score (nSPS) is 30.7. The summed E-state index contributed by atoms with van der Waals surface area (Å²) in [7, 11) is 0. The summed E-state index contributed by atoms with van der Waals surface area (Å²) in [5.41, 5.74) is -0.547. The molecule has 5 N–H and O–H groups in total. The van der Waals surface area contributed by atoms with Crippen LogP contribution < -0.4 is 0 Å². The molecule has 0 aliphatic carbocycles. The van der Waals surface area contributed by atoms with Gasteiger partial charge in [-0.25, -0.2) is 0 Å². The van der Waals surface area contributed by atoms with Crippen LogP contribution in [0.4, 0.5) is 0 Å². The second-order valence-electron chi connectivity index (χ2n) is 17.0. The van der Waals surface area contributed by atoms with Gasteiger partial charge in [0.1, 0.15) is 0 Å². The Morgan fingerprint density at radius 3 is 2.14 bits per heavy atom. The summed E-state index contributed by atoms with van der Waals surface area (Å²) in [6.45, 7) is 19.8. The second-order valence-corrected chi connectivity index (χ2v) is 17.0. The van der Waals surface area contributed by atoms with Gasteiger partial charge in [0.15, 0.2) is 5.78 Å². The van der Waals surface area contributed by atoms with Crippen LogP contribution in [0.1, 0.15) is 133 Å². The fourth-order valence-electron chi connectivity index (χ4n) is 8.07. The lowest BCUT2D eigenvalue weighted by molar-refractivity contribution is -0.142. The number of hydrogen-bond acceptors (Lipinski definition) is 8. The minimum Gasteiger partial charge on any atom is -0.512 e. The number of ketones is 1. The van der Waals surface area contributed by atoms with E-state index in [1.807, 2.05) is 40.7 Å². The maximum atomic E-state index is 12.8. The molecule has 15 atom stereocenters. The van der Waals surface area contributed by atoms with Gasteiger partial charge in [-0.2, -0.15) is 0 Å². The third kappa shape index (κ3) is 14.0. The lowest BCUT2D eigenvalue weighted by Crippen LogP contribution is -2.40. The van der Waals surface area contributed by atoms with E-state index in [9.17, 15) is 30.0 Å². The van der Waals surface area contributed by atoms with Gasteiger partial charge in [0.05, 0.1) is 48.0 Å². The molecule has 0 radical (unpaired) electrons. The fourth-order valence-corrected chi connectivity index (χ4v) is 8.07. The Balaban J connectivity index is 1.77. The zero-order valence-electron chi connectivity index (χ0n) is 32.8. The van der Waals surface area contributed by atoms with E-state index < -0.39 is 29.9 Å². The van der Waals surface area contributed by atoms with Gasteiger partial charge in [-0.3, -0.25) is 9.59 Å². The van der Waals surface area contributed by atoms with Gasteiger partial charge in [0.25, 0.3) is 0 Å². The Hall–Kier alpha value is -1.78. The van der Waals surface area contributed by atoms with Gasteiger partial charge in [-0.05, 0) is 95.3 Å². The first-order valence-electron chi connectivity index (χ1n) is 19.4. The zero-order valence-corrected chi connectivity index (χ0v) is 32.8. The maximum Gasteiger partial charge on any atom is 0.303 e. The first kappa shape index (κ1) is 44.4. The Labute approximate surface area is 302 Å². The van der Waals surface area contributed by atoms with Crippen molar-refractivity contribution in [2.45, 2.75) is 176 Å². The number of carbonyl (C=O) groups excluding carboxylic acids is 1. The van der Waals surface area contributed by atoms with Gasteiger partial charge in [-0.1, -0.05) is 67.5 Å². The Morgan fingerprint density at radius 2 is 1.54 bits per heavy atom. The van der Waals surface area contributed by atoms with E-state index in [4.69, 9.17) is 14.6 Å². The Morgan fingerprint density at radius 1 is 0.900 bits per heavy atom. The van der Waals surface area contributed by atoms with Gasteiger partial charge in [-0.15, -0.1) is 0 Å². The van der Waals surface area contributed by atoms with Crippen LogP contribution in [0, 0.1) is 47.3 Å². The van der Waals surface area contributed by atoms with E-state index in [0.717, 1.165) is 32.1 Å². The summed E-state index contributed by atoms with van der Waals surface area (Å²) in [5.74, 6) is -0.518. The van der Waals surface area contributed by atoms with E-state index >= 15 is 0 Å². The van der Waals surface area contributed by atoms with Crippen molar-refractivity contribution in [2.24, 2.45) is 47.3 Å². The van der Waals surface area contributed by atoms with Crippen molar-refractivity contribution in [1.29, 1.82) is 0 Å². The summed E-state index contributed by atoms with van der Waals surface area (Å²) in [6, 6.07) is 0. The van der Waals surface area contributed by atoms with Gasteiger partial charge in [0, 0.05) is 36.2 Å². The molecular weight excluding hydrogens is 636 g/mol. The molecule has 2 aliphatic heterocycles. The first-order valence-corrected chi connectivity index (χ1v) is 19.4. The second kappa shape index (κ2) is 20.5. The molecule has 9 heteroatoms. The molecule has 0 amide bonds. The van der Waals surface area contributed by atoms with E-state index in [1.165, 1.54) is 6.08 Å². The van der Waals surface area contributed by atoms with Crippen LogP contribution in [0.2, 0.25) is 0 Å². The topological polar surface area (TPSA) is 154 Å². The molecule has 0 aromatic heterocycles. The zero-order chi connectivity index (χ0) is 37.9. The molecule has 2 heterocycles. The SMILES string of the molecule is CC(CCC(=O)O)CC(C)CC(C)C(=O)C=C(O)C(C)CC(C)CC=CC(C)C(O)C(C)C(O)CC1CC(C)C(C2CCC(C)(C(C)O)O2)O1. The summed E-state index contributed by atoms with van der Waals surface area (Å²) in [5, 5.41) is 51.9. The van der Waals surface area contributed by atoms with E-state index in [-0.39, 0.29) is 83.6 Å². The summed E-state index contributed by atoms with van der Waals surface area (Å²) in [4.78, 5) is 23.7. The summed E-state index contributed by atoms with van der Waals surface area (Å²) < 4.78 is 12.6. The highest BCUT2D eigenvalue weighted by molar-refractivity contribution is 5.91. The number of aliphatic hydroxyl groups excluding tert-OH is 4. The van der Waals surface area contributed by atoms with E-state index in [0.29, 0.717) is 25.7 Å². The highest BCUT2D eigenvalue weighted by Crippen LogP contribution is 2.41. The third-order valence-corrected chi connectivity index (χ3v) is 11.8. The molecule has 15 unspecified atom stereocenters. The van der Waals surface area contributed by atoms with Crippen LogP contribution in [-0.4, -0.2) is 79.5 Å². The molecule has 2 saturated heterocycles. The van der Waals surface area contributed by atoms with Gasteiger partial charge < -0.3 is 35.0 Å². The van der Waals surface area contributed by atoms with Crippen molar-refractivity contribution >= 4 is 11.8 Å².